The molecule has 122 valence electrons. The summed E-state index contributed by atoms with van der Waals surface area (Å²) in [6.07, 6.45) is 3.54. The van der Waals surface area contributed by atoms with Crippen LogP contribution >= 0.6 is 0 Å². The van der Waals surface area contributed by atoms with Gasteiger partial charge < -0.3 is 14.6 Å². The van der Waals surface area contributed by atoms with Gasteiger partial charge in [-0.2, -0.15) is 0 Å². The van der Waals surface area contributed by atoms with Crippen molar-refractivity contribution in [3.63, 3.8) is 0 Å². The number of carbonyl (C=O) groups is 2. The van der Waals surface area contributed by atoms with Crippen LogP contribution < -0.4 is 5.32 Å². The Morgan fingerprint density at radius 1 is 1.12 bits per heavy atom. The quantitative estimate of drug-likeness (QED) is 0.798. The van der Waals surface area contributed by atoms with Crippen molar-refractivity contribution in [3.8, 4) is 0 Å². The fourth-order valence-corrected chi connectivity index (χ4v) is 2.34. The van der Waals surface area contributed by atoms with Crippen LogP contribution in [0.4, 0.5) is 0 Å². The lowest BCUT2D eigenvalue weighted by molar-refractivity contribution is 0.0827. The molecule has 3 aromatic rings. The number of benzene rings is 1. The third-order valence-corrected chi connectivity index (χ3v) is 3.66. The lowest BCUT2D eigenvalue weighted by Crippen LogP contribution is -2.23. The van der Waals surface area contributed by atoms with E-state index in [0.717, 1.165) is 11.2 Å². The second-order valence-corrected chi connectivity index (χ2v) is 5.67. The molecule has 0 aliphatic heterocycles. The maximum absolute atomic E-state index is 12.2. The monoisotopic (exact) mass is 322 g/mol. The van der Waals surface area contributed by atoms with Gasteiger partial charge in [0.05, 0.1) is 0 Å². The van der Waals surface area contributed by atoms with Crippen molar-refractivity contribution < 1.29 is 9.59 Å². The van der Waals surface area contributed by atoms with Crippen molar-refractivity contribution in [1.82, 2.24) is 19.6 Å². The molecule has 6 heteroatoms. The number of rotatable bonds is 4. The predicted octanol–water partition coefficient (Wildman–Crippen LogP) is 1.97. The van der Waals surface area contributed by atoms with Gasteiger partial charge in [-0.3, -0.25) is 9.59 Å². The minimum absolute atomic E-state index is 0.0460. The normalized spacial score (nSPS) is 10.6. The Morgan fingerprint density at radius 3 is 2.54 bits per heavy atom. The van der Waals surface area contributed by atoms with E-state index in [1.165, 1.54) is 4.90 Å². The molecule has 24 heavy (non-hydrogen) atoms. The third kappa shape index (κ3) is 3.27. The molecule has 6 nitrogen and oxygen atoms in total. The van der Waals surface area contributed by atoms with Gasteiger partial charge in [-0.05, 0) is 29.8 Å². The van der Waals surface area contributed by atoms with Crippen LogP contribution in [0.2, 0.25) is 0 Å². The number of amides is 2. The van der Waals surface area contributed by atoms with Crippen LogP contribution in [0.5, 0.6) is 0 Å². The molecule has 0 aliphatic rings. The highest BCUT2D eigenvalue weighted by molar-refractivity contribution is 5.94. The maximum Gasteiger partial charge on any atom is 0.271 e. The smallest absolute Gasteiger partial charge is 0.271 e. The van der Waals surface area contributed by atoms with Gasteiger partial charge in [0.15, 0.2) is 0 Å². The van der Waals surface area contributed by atoms with E-state index in [1.807, 2.05) is 36.5 Å². The van der Waals surface area contributed by atoms with E-state index in [2.05, 4.69) is 10.3 Å². The molecule has 2 heterocycles. The van der Waals surface area contributed by atoms with E-state index in [1.54, 1.807) is 36.8 Å². The molecule has 0 atom stereocenters. The second-order valence-electron chi connectivity index (χ2n) is 5.67. The van der Waals surface area contributed by atoms with Crippen molar-refractivity contribution in [2.45, 2.75) is 6.54 Å². The molecule has 0 radical (unpaired) electrons. The molecule has 0 unspecified atom stereocenters. The van der Waals surface area contributed by atoms with Crippen LogP contribution in [0.3, 0.4) is 0 Å². The zero-order chi connectivity index (χ0) is 17.1. The summed E-state index contributed by atoms with van der Waals surface area (Å²) in [5.41, 5.74) is 2.65. The molecule has 0 spiro atoms. The van der Waals surface area contributed by atoms with Crippen LogP contribution in [-0.2, 0) is 6.54 Å². The van der Waals surface area contributed by atoms with E-state index >= 15 is 0 Å². The first-order chi connectivity index (χ1) is 11.5. The molecule has 1 N–H and O–H groups in total. The molecule has 0 bridgehead atoms. The summed E-state index contributed by atoms with van der Waals surface area (Å²) in [6, 6.07) is 12.8. The molecule has 3 rings (SSSR count). The molecular weight excluding hydrogens is 304 g/mol. The average molecular weight is 322 g/mol. The third-order valence-electron chi connectivity index (χ3n) is 3.66. The number of nitrogens with zero attached hydrogens (tertiary/aromatic N) is 3. The highest BCUT2D eigenvalue weighted by Crippen LogP contribution is 2.08. The van der Waals surface area contributed by atoms with Crippen LogP contribution in [0.15, 0.2) is 54.9 Å². The van der Waals surface area contributed by atoms with Gasteiger partial charge in [-0.15, -0.1) is 0 Å². The Morgan fingerprint density at radius 2 is 1.88 bits per heavy atom. The standard InChI is InChI=1S/C18H18N4O2/c1-21(2)18(24)14-8-6-13(7-9-14)11-19-17(23)15-12-22-10-4-3-5-16(22)20-15/h3-10,12H,11H2,1-2H3,(H,19,23). The molecule has 1 aromatic carbocycles. The van der Waals surface area contributed by atoms with Gasteiger partial charge in [0.25, 0.3) is 11.8 Å². The predicted molar refractivity (Wildman–Crippen MR) is 90.8 cm³/mol. The lowest BCUT2D eigenvalue weighted by Gasteiger charge is -2.10. The minimum Gasteiger partial charge on any atom is -0.347 e. The Hall–Kier alpha value is -3.15. The molecule has 0 aliphatic carbocycles. The molecule has 0 fully saturated rings. The van der Waals surface area contributed by atoms with Gasteiger partial charge in [0.1, 0.15) is 11.3 Å². The first kappa shape index (κ1) is 15.7. The number of hydrogen-bond donors (Lipinski definition) is 1. The average Bonchev–Trinajstić information content (AvgIpc) is 3.03. The van der Waals surface area contributed by atoms with Gasteiger partial charge in [-0.1, -0.05) is 18.2 Å². The number of fused-ring (bicyclic) bond motifs is 1. The van der Waals surface area contributed by atoms with Crippen molar-refractivity contribution in [3.05, 3.63) is 71.7 Å². The van der Waals surface area contributed by atoms with Gasteiger partial charge in [0, 0.05) is 38.6 Å². The lowest BCUT2D eigenvalue weighted by atomic mass is 10.1. The van der Waals surface area contributed by atoms with Crippen LogP contribution in [0.1, 0.15) is 26.4 Å². The summed E-state index contributed by atoms with van der Waals surface area (Å²) in [5.74, 6) is -0.276. The zero-order valence-corrected chi connectivity index (χ0v) is 13.6. The van der Waals surface area contributed by atoms with Crippen LogP contribution in [-0.4, -0.2) is 40.2 Å². The van der Waals surface area contributed by atoms with Crippen molar-refractivity contribution in [2.24, 2.45) is 0 Å². The second kappa shape index (κ2) is 6.54. The van der Waals surface area contributed by atoms with Gasteiger partial charge >= 0.3 is 0 Å². The van der Waals surface area contributed by atoms with Crippen LogP contribution in [0.25, 0.3) is 5.65 Å². The number of carbonyl (C=O) groups excluding carboxylic acids is 2. The Kier molecular flexibility index (Phi) is 4.29. The summed E-state index contributed by atoms with van der Waals surface area (Å²) >= 11 is 0. The Labute approximate surface area is 139 Å². The first-order valence-electron chi connectivity index (χ1n) is 7.57. The SMILES string of the molecule is CN(C)C(=O)c1ccc(CNC(=O)c2cn3ccccc3n2)cc1. The van der Waals surface area contributed by atoms with Gasteiger partial charge in [-0.25, -0.2) is 4.98 Å². The summed E-state index contributed by atoms with van der Waals surface area (Å²) in [6.45, 7) is 0.378. The topological polar surface area (TPSA) is 66.7 Å². The molecule has 0 saturated carbocycles. The van der Waals surface area contributed by atoms with E-state index in [0.29, 0.717) is 17.8 Å². The van der Waals surface area contributed by atoms with Crippen LogP contribution in [0, 0.1) is 0 Å². The Bertz CT molecular complexity index is 848. The number of hydrogen-bond acceptors (Lipinski definition) is 3. The maximum atomic E-state index is 12.2. The number of imidazole rings is 1. The van der Waals surface area contributed by atoms with E-state index in [-0.39, 0.29) is 11.8 Å². The van der Waals surface area contributed by atoms with E-state index in [4.69, 9.17) is 0 Å². The fraction of sp³-hybridized carbons (Fsp3) is 0.167. The fourth-order valence-electron chi connectivity index (χ4n) is 2.34. The highest BCUT2D eigenvalue weighted by Gasteiger charge is 2.11. The van der Waals surface area contributed by atoms with Crippen molar-refractivity contribution in [2.75, 3.05) is 14.1 Å². The summed E-state index contributed by atoms with van der Waals surface area (Å²) < 4.78 is 1.80. The molecule has 0 saturated heterocycles. The largest absolute Gasteiger partial charge is 0.347 e. The minimum atomic E-state index is -0.229. The molecular formula is C18H18N4O2. The summed E-state index contributed by atoms with van der Waals surface area (Å²) in [5, 5.41) is 2.84. The van der Waals surface area contributed by atoms with E-state index < -0.39 is 0 Å². The summed E-state index contributed by atoms with van der Waals surface area (Å²) in [4.78, 5) is 29.9. The molecule has 2 amide bonds. The highest BCUT2D eigenvalue weighted by atomic mass is 16.2. The van der Waals surface area contributed by atoms with Crippen molar-refractivity contribution in [1.29, 1.82) is 0 Å². The number of nitrogens with one attached hydrogen (secondary N) is 1. The van der Waals surface area contributed by atoms with Crippen molar-refractivity contribution >= 4 is 17.5 Å². The summed E-state index contributed by atoms with van der Waals surface area (Å²) in [7, 11) is 3.43. The molecule has 2 aromatic heterocycles. The number of aromatic nitrogens is 2. The zero-order valence-electron chi connectivity index (χ0n) is 13.6. The Balaban J connectivity index is 1.64. The van der Waals surface area contributed by atoms with Gasteiger partial charge in [0.2, 0.25) is 0 Å². The van der Waals surface area contributed by atoms with E-state index in [9.17, 15) is 9.59 Å². The number of pyridine rings is 1. The first-order valence-corrected chi connectivity index (χ1v) is 7.57.